The van der Waals surface area contributed by atoms with Gasteiger partial charge in [0.25, 0.3) is 5.91 Å². The number of carbonyl (C=O) groups is 1. The van der Waals surface area contributed by atoms with Crippen molar-refractivity contribution in [3.8, 4) is 0 Å². The maximum absolute atomic E-state index is 12.3. The molecule has 1 saturated heterocycles. The van der Waals surface area contributed by atoms with Crippen LogP contribution in [0.3, 0.4) is 0 Å². The minimum absolute atomic E-state index is 0.197. The largest absolute Gasteiger partial charge is 0.351 e. The average molecular weight is 514 g/mol. The second kappa shape index (κ2) is 9.18. The molecule has 0 aliphatic carbocycles. The zero-order valence-corrected chi connectivity index (χ0v) is 19.4. The van der Waals surface area contributed by atoms with Gasteiger partial charge in [0.1, 0.15) is 0 Å². The highest BCUT2D eigenvalue weighted by Gasteiger charge is 2.20. The molecule has 0 spiro atoms. The van der Waals surface area contributed by atoms with Gasteiger partial charge in [-0.3, -0.25) is 9.69 Å². The minimum Gasteiger partial charge on any atom is -0.351 e. The number of hydrogen-bond donors (Lipinski definition) is 1. The van der Waals surface area contributed by atoms with Crippen LogP contribution in [0, 0.1) is 0 Å². The van der Waals surface area contributed by atoms with Crippen LogP contribution in [0.25, 0.3) is 10.2 Å². The van der Waals surface area contributed by atoms with Gasteiger partial charge in [-0.25, -0.2) is 4.98 Å². The monoisotopic (exact) mass is 512 g/mol. The summed E-state index contributed by atoms with van der Waals surface area (Å²) in [4.78, 5) is 21.8. The number of carbonyl (C=O) groups excluding carboxylic acids is 1. The number of amides is 1. The molecule has 29 heavy (non-hydrogen) atoms. The van der Waals surface area contributed by atoms with Crippen LogP contribution >= 0.6 is 50.5 Å². The molecule has 4 rings (SSSR count). The third kappa shape index (κ3) is 5.03. The van der Waals surface area contributed by atoms with E-state index in [0.29, 0.717) is 22.2 Å². The van der Waals surface area contributed by atoms with Crippen molar-refractivity contribution in [3.05, 3.63) is 56.5 Å². The van der Waals surface area contributed by atoms with Crippen LogP contribution in [0.15, 0.2) is 40.9 Å². The molecular weight excluding hydrogens is 495 g/mol. The zero-order chi connectivity index (χ0) is 20.4. The van der Waals surface area contributed by atoms with Crippen molar-refractivity contribution < 1.29 is 4.79 Å². The molecule has 1 aliphatic rings. The normalized spacial score (nSPS) is 15.1. The fraction of sp³-hybridized carbons (Fsp3) is 0.300. The molecule has 0 unspecified atom stereocenters. The summed E-state index contributed by atoms with van der Waals surface area (Å²) in [6, 6.07) is 11.1. The Labute approximate surface area is 191 Å². The number of benzene rings is 2. The van der Waals surface area contributed by atoms with Crippen LogP contribution < -0.4 is 10.2 Å². The summed E-state index contributed by atoms with van der Waals surface area (Å²) in [5.74, 6) is -0.197. The third-order valence-corrected chi connectivity index (χ3v) is 7.01. The Kier molecular flexibility index (Phi) is 6.61. The highest BCUT2D eigenvalue weighted by molar-refractivity contribution is 9.10. The predicted molar refractivity (Wildman–Crippen MR) is 125 cm³/mol. The van der Waals surface area contributed by atoms with E-state index in [1.165, 1.54) is 4.70 Å². The van der Waals surface area contributed by atoms with Crippen LogP contribution in [0.2, 0.25) is 10.0 Å². The van der Waals surface area contributed by atoms with Gasteiger partial charge in [0.15, 0.2) is 5.13 Å². The van der Waals surface area contributed by atoms with Gasteiger partial charge in [-0.2, -0.15) is 0 Å². The molecule has 0 atom stereocenters. The Morgan fingerprint density at radius 2 is 1.93 bits per heavy atom. The Balaban J connectivity index is 1.26. The lowest BCUT2D eigenvalue weighted by molar-refractivity contribution is 0.0948. The fourth-order valence-corrected chi connectivity index (χ4v) is 5.22. The standard InChI is InChI=1S/C20H19BrCl2N4OS/c21-13-1-4-17-18(11-13)29-20(25-17)27-9-7-26(8-10-27)6-5-24-19(28)15-12-14(22)2-3-16(15)23/h1-4,11-12H,5-10H2,(H,24,28). The van der Waals surface area contributed by atoms with E-state index in [9.17, 15) is 4.79 Å². The summed E-state index contributed by atoms with van der Waals surface area (Å²) >= 11 is 17.3. The molecule has 1 aliphatic heterocycles. The fourth-order valence-electron chi connectivity index (χ4n) is 3.28. The summed E-state index contributed by atoms with van der Waals surface area (Å²) in [5, 5.41) is 4.90. The molecular formula is C20H19BrCl2N4OS. The minimum atomic E-state index is -0.197. The number of piperazine rings is 1. The summed E-state index contributed by atoms with van der Waals surface area (Å²) in [7, 11) is 0. The molecule has 0 radical (unpaired) electrons. The summed E-state index contributed by atoms with van der Waals surface area (Å²) in [6.45, 7) is 5.09. The SMILES string of the molecule is O=C(NCCN1CCN(c2nc3ccc(Br)cc3s2)CC1)c1cc(Cl)ccc1Cl. The van der Waals surface area contributed by atoms with Gasteiger partial charge >= 0.3 is 0 Å². The maximum Gasteiger partial charge on any atom is 0.252 e. The first-order valence-corrected chi connectivity index (χ1v) is 11.6. The van der Waals surface area contributed by atoms with Crippen molar-refractivity contribution in [1.82, 2.24) is 15.2 Å². The van der Waals surface area contributed by atoms with Crippen molar-refractivity contribution >= 4 is 71.7 Å². The molecule has 1 fully saturated rings. The van der Waals surface area contributed by atoms with E-state index in [4.69, 9.17) is 28.2 Å². The molecule has 0 bridgehead atoms. The average Bonchev–Trinajstić information content (AvgIpc) is 3.13. The quantitative estimate of drug-likeness (QED) is 0.526. The van der Waals surface area contributed by atoms with Crippen LogP contribution in [0.4, 0.5) is 5.13 Å². The van der Waals surface area contributed by atoms with E-state index in [2.05, 4.69) is 37.1 Å². The lowest BCUT2D eigenvalue weighted by Gasteiger charge is -2.34. The number of fused-ring (bicyclic) bond motifs is 1. The van der Waals surface area contributed by atoms with Gasteiger partial charge in [-0.1, -0.05) is 50.5 Å². The number of nitrogens with one attached hydrogen (secondary N) is 1. The summed E-state index contributed by atoms with van der Waals surface area (Å²) < 4.78 is 2.27. The Bertz CT molecular complexity index is 1040. The smallest absolute Gasteiger partial charge is 0.252 e. The Hall–Kier alpha value is -1.38. The maximum atomic E-state index is 12.3. The third-order valence-electron chi connectivity index (χ3n) is 4.87. The van der Waals surface area contributed by atoms with E-state index >= 15 is 0 Å². The zero-order valence-electron chi connectivity index (χ0n) is 15.5. The predicted octanol–water partition coefficient (Wildman–Crippen LogP) is 4.92. The number of anilines is 1. The molecule has 9 heteroatoms. The summed E-state index contributed by atoms with van der Waals surface area (Å²) in [6.07, 6.45) is 0. The first-order valence-electron chi connectivity index (χ1n) is 9.26. The number of rotatable bonds is 5. The second-order valence-electron chi connectivity index (χ2n) is 6.82. The van der Waals surface area contributed by atoms with E-state index in [-0.39, 0.29) is 5.91 Å². The molecule has 0 saturated carbocycles. The van der Waals surface area contributed by atoms with E-state index < -0.39 is 0 Å². The molecule has 3 aromatic rings. The van der Waals surface area contributed by atoms with E-state index in [0.717, 1.165) is 47.8 Å². The molecule has 1 aromatic heterocycles. The summed E-state index contributed by atoms with van der Waals surface area (Å²) in [5.41, 5.74) is 1.45. The lowest BCUT2D eigenvalue weighted by Crippen LogP contribution is -2.48. The van der Waals surface area contributed by atoms with E-state index in [1.807, 2.05) is 12.1 Å². The number of aromatic nitrogens is 1. The Morgan fingerprint density at radius 3 is 2.72 bits per heavy atom. The van der Waals surface area contributed by atoms with Crippen LogP contribution in [0.5, 0.6) is 0 Å². The molecule has 1 amide bonds. The molecule has 2 heterocycles. The highest BCUT2D eigenvalue weighted by atomic mass is 79.9. The molecule has 1 N–H and O–H groups in total. The first-order chi connectivity index (χ1) is 14.0. The van der Waals surface area contributed by atoms with Crippen molar-refractivity contribution in [2.45, 2.75) is 0 Å². The molecule has 2 aromatic carbocycles. The van der Waals surface area contributed by atoms with Gasteiger partial charge in [0, 0.05) is 48.8 Å². The van der Waals surface area contributed by atoms with Gasteiger partial charge in [-0.15, -0.1) is 0 Å². The Morgan fingerprint density at radius 1 is 1.14 bits per heavy atom. The molecule has 5 nitrogen and oxygen atoms in total. The first kappa shape index (κ1) is 20.9. The van der Waals surface area contributed by atoms with Crippen LogP contribution in [0.1, 0.15) is 10.4 Å². The second-order valence-corrected chi connectivity index (χ2v) is 9.59. The lowest BCUT2D eigenvalue weighted by atomic mass is 10.2. The van der Waals surface area contributed by atoms with Gasteiger partial charge in [0.05, 0.1) is 20.8 Å². The number of hydrogen-bond acceptors (Lipinski definition) is 5. The van der Waals surface area contributed by atoms with Crippen molar-refractivity contribution in [3.63, 3.8) is 0 Å². The van der Waals surface area contributed by atoms with Crippen LogP contribution in [-0.2, 0) is 0 Å². The number of thiazole rings is 1. The van der Waals surface area contributed by atoms with Gasteiger partial charge in [0.2, 0.25) is 0 Å². The van der Waals surface area contributed by atoms with Crippen molar-refractivity contribution in [2.75, 3.05) is 44.2 Å². The topological polar surface area (TPSA) is 48.5 Å². The van der Waals surface area contributed by atoms with Crippen molar-refractivity contribution in [2.24, 2.45) is 0 Å². The van der Waals surface area contributed by atoms with Gasteiger partial charge in [-0.05, 0) is 36.4 Å². The van der Waals surface area contributed by atoms with Crippen molar-refractivity contribution in [1.29, 1.82) is 0 Å². The number of nitrogens with zero attached hydrogens (tertiary/aromatic N) is 3. The molecule has 152 valence electrons. The van der Waals surface area contributed by atoms with E-state index in [1.54, 1.807) is 29.5 Å². The van der Waals surface area contributed by atoms with Gasteiger partial charge < -0.3 is 10.2 Å². The van der Waals surface area contributed by atoms with Crippen LogP contribution in [-0.4, -0.2) is 55.1 Å². The highest BCUT2D eigenvalue weighted by Crippen LogP contribution is 2.31. The number of halogens is 3.